The van der Waals surface area contributed by atoms with Gasteiger partial charge in [-0.3, -0.25) is 14.7 Å². The summed E-state index contributed by atoms with van der Waals surface area (Å²) in [6.07, 6.45) is 13.2. The van der Waals surface area contributed by atoms with E-state index < -0.39 is 47.0 Å². The number of ether oxygens (including phenoxy) is 10. The first kappa shape index (κ1) is 80.3. The first-order valence-corrected chi connectivity index (χ1v) is 34.7. The predicted octanol–water partition coefficient (Wildman–Crippen LogP) is 11.7. The van der Waals surface area contributed by atoms with Crippen molar-refractivity contribution in [3.8, 4) is 34.5 Å². The number of carboxylic acids is 2. The van der Waals surface area contributed by atoms with Crippen LogP contribution in [0.15, 0.2) is 72.9 Å². The Labute approximate surface area is 586 Å². The van der Waals surface area contributed by atoms with Crippen molar-refractivity contribution in [3.63, 3.8) is 0 Å². The third kappa shape index (κ3) is 23.7. The second-order valence-corrected chi connectivity index (χ2v) is 29.6. The van der Waals surface area contributed by atoms with E-state index in [4.69, 9.17) is 57.6 Å². The molecule has 9 rings (SSSR count). The van der Waals surface area contributed by atoms with E-state index in [1.807, 2.05) is 12.1 Å². The SMILES string of the molecule is CC(C)(C)OC(=O)/C=C/C(=O)O.COc1cc2c(cc1OC)[C@H]1C[C@@H](O)[C@H](CC(C)C)CN1CC2.COc1cc2c(cc1OC)[C@H]1C[C@@H](OC(=O)/C=C/C(=O)O)[C@H](CC(C)C)CN1CC2.COc1cc2c(cc1OC)[C@H]1C[C@@H](OC(=O)/C=C/C(=O)OC(C)(C)C)[C@H](CC(C)C)CN1CC2. The summed E-state index contributed by atoms with van der Waals surface area (Å²) >= 11 is 0. The highest BCUT2D eigenvalue weighted by Crippen LogP contribution is 2.48. The van der Waals surface area contributed by atoms with Gasteiger partial charge in [0.05, 0.1) is 48.8 Å². The van der Waals surface area contributed by atoms with Crippen LogP contribution in [-0.4, -0.2) is 177 Å². The highest BCUT2D eigenvalue weighted by Gasteiger charge is 2.44. The van der Waals surface area contributed by atoms with Crippen molar-refractivity contribution in [3.05, 3.63) is 106 Å². The molecule has 99 heavy (non-hydrogen) atoms. The number of hydrogen-bond acceptors (Lipinski definition) is 20. The number of rotatable bonds is 20. The molecule has 6 aliphatic heterocycles. The molecule has 0 saturated carbocycles. The first-order valence-electron chi connectivity index (χ1n) is 34.7. The molecule has 0 spiro atoms. The number of carbonyl (C=O) groups excluding carboxylic acids is 4. The van der Waals surface area contributed by atoms with Gasteiger partial charge in [-0.15, -0.1) is 0 Å². The molecule has 3 aromatic carbocycles. The highest BCUT2D eigenvalue weighted by molar-refractivity contribution is 5.92. The van der Waals surface area contributed by atoms with Crippen molar-refractivity contribution < 1.29 is 91.5 Å². The van der Waals surface area contributed by atoms with Crippen LogP contribution in [-0.2, 0) is 67.0 Å². The van der Waals surface area contributed by atoms with Gasteiger partial charge in [-0.1, -0.05) is 41.5 Å². The standard InChI is InChI=1S/C27H39NO6.C23H31NO6.C19H29NO3.C8H12O4/c1-17(2)12-19-16-28-11-10-18-13-23(31-6)24(32-7)14-20(18)21(28)15-22(19)33-25(29)8-9-26(30)34-27(3,4)5;1-14(2)9-16-13-24-8-7-15-10-20(28-3)21(29-4)11-17(15)18(24)12-19(16)30-23(27)6-5-22(25)26;1-12(2)7-14-11-20-6-5-13-8-18(22-3)19(23-4)9-15(13)16(20)10-17(14)21;1-8(2,3)12-7(11)5-4-6(9)10/h8-9,13-14,17,19,21-22H,10-12,15-16H2,1-7H3;5-6,10-11,14,16,18-19H,7-9,12-13H2,1-4H3,(H,25,26);8-9,12,14,16-17,21H,5-7,10-11H2,1-4H3;4-5H,1-3H3,(H,9,10)/b9-8+;6-5+;;5-4+/t19-,21-,22-;16-,18-,19-;14-,16-,17-;/m111./s1. The molecule has 0 radical (unpaired) electrons. The predicted molar refractivity (Wildman–Crippen MR) is 376 cm³/mol. The monoisotopic (exact) mass is 1380 g/mol. The summed E-state index contributed by atoms with van der Waals surface area (Å²) in [7, 11) is 9.92. The molecule has 3 saturated heterocycles. The van der Waals surface area contributed by atoms with Gasteiger partial charge >= 0.3 is 35.8 Å². The lowest BCUT2D eigenvalue weighted by atomic mass is 9.79. The fraction of sp³-hybridized carbons (Fsp3) is 0.610. The Morgan fingerprint density at radius 1 is 0.424 bits per heavy atom. The van der Waals surface area contributed by atoms with Crippen molar-refractivity contribution in [1.29, 1.82) is 0 Å². The average molecular weight is 1380 g/mol. The lowest BCUT2D eigenvalue weighted by Gasteiger charge is -2.47. The number of esters is 4. The molecule has 6 aliphatic rings. The minimum absolute atomic E-state index is 0.123. The molecule has 0 aromatic heterocycles. The molecule has 0 unspecified atom stereocenters. The summed E-state index contributed by atoms with van der Waals surface area (Å²) in [5, 5.41) is 27.6. The van der Waals surface area contributed by atoms with Crippen LogP contribution in [0.2, 0.25) is 0 Å². The van der Waals surface area contributed by atoms with Crippen molar-refractivity contribution in [2.24, 2.45) is 35.5 Å². The zero-order valence-corrected chi connectivity index (χ0v) is 61.7. The van der Waals surface area contributed by atoms with Gasteiger partial charge in [0.25, 0.3) is 0 Å². The molecule has 6 heterocycles. The minimum Gasteiger partial charge on any atom is -0.493 e. The fourth-order valence-electron chi connectivity index (χ4n) is 14.5. The van der Waals surface area contributed by atoms with Gasteiger partial charge in [0.15, 0.2) is 34.5 Å². The second-order valence-electron chi connectivity index (χ2n) is 29.6. The quantitative estimate of drug-likeness (QED) is 0.0539. The van der Waals surface area contributed by atoms with Crippen LogP contribution in [0.1, 0.15) is 173 Å². The molecule has 0 amide bonds. The summed E-state index contributed by atoms with van der Waals surface area (Å²) in [4.78, 5) is 75.8. The lowest BCUT2D eigenvalue weighted by Crippen LogP contribution is -2.49. The van der Waals surface area contributed by atoms with Gasteiger partial charge in [0.1, 0.15) is 23.4 Å². The van der Waals surface area contributed by atoms with Crippen molar-refractivity contribution >= 4 is 35.8 Å². The topological polar surface area (TPSA) is 265 Å². The van der Waals surface area contributed by atoms with E-state index in [-0.39, 0.29) is 42.2 Å². The Kier molecular flexibility index (Phi) is 29.7. The number of carboxylic acid groups (broad SMARTS) is 2. The van der Waals surface area contributed by atoms with E-state index in [1.165, 1.54) is 39.5 Å². The van der Waals surface area contributed by atoms with E-state index in [0.29, 0.717) is 54.1 Å². The smallest absolute Gasteiger partial charge is 0.331 e. The number of benzene rings is 3. The van der Waals surface area contributed by atoms with Crippen molar-refractivity contribution in [2.45, 2.75) is 189 Å². The Morgan fingerprint density at radius 3 is 1.00 bits per heavy atom. The van der Waals surface area contributed by atoms with E-state index >= 15 is 0 Å². The zero-order chi connectivity index (χ0) is 73.2. The first-order chi connectivity index (χ1) is 46.7. The molecule has 0 bridgehead atoms. The number of hydrogen-bond donors (Lipinski definition) is 3. The van der Waals surface area contributed by atoms with Gasteiger partial charge in [-0.05, 0) is 180 Å². The summed E-state index contributed by atoms with van der Waals surface area (Å²) in [6, 6.07) is 13.0. The van der Waals surface area contributed by atoms with Crippen LogP contribution >= 0.6 is 0 Å². The fourth-order valence-corrected chi connectivity index (χ4v) is 14.5. The second kappa shape index (κ2) is 36.6. The van der Waals surface area contributed by atoms with Gasteiger partial charge in [-0.25, -0.2) is 28.8 Å². The van der Waals surface area contributed by atoms with E-state index in [9.17, 15) is 33.9 Å². The van der Waals surface area contributed by atoms with Crippen LogP contribution in [0, 0.1) is 35.5 Å². The minimum atomic E-state index is -1.17. The molecule has 3 N–H and O–H groups in total. The molecule has 3 fully saturated rings. The number of methoxy groups -OCH3 is 6. The Bertz CT molecular complexity index is 3320. The Morgan fingerprint density at radius 2 is 0.697 bits per heavy atom. The van der Waals surface area contributed by atoms with Crippen LogP contribution in [0.5, 0.6) is 34.5 Å². The molecule has 3 aromatic rings. The normalized spacial score (nSPS) is 22.8. The number of nitrogens with zero attached hydrogens (tertiary/aromatic N) is 3. The maximum Gasteiger partial charge on any atom is 0.331 e. The Balaban J connectivity index is 0.000000219. The average Bonchev–Trinajstić information content (AvgIpc) is 0.779. The summed E-state index contributed by atoms with van der Waals surface area (Å²) < 4.78 is 54.6. The molecular formula is C77H111N3O19. The highest BCUT2D eigenvalue weighted by atomic mass is 16.6. The van der Waals surface area contributed by atoms with Gasteiger partial charge in [-0.2, -0.15) is 0 Å². The van der Waals surface area contributed by atoms with E-state index in [1.54, 1.807) is 84.2 Å². The number of aliphatic hydroxyl groups is 1. The van der Waals surface area contributed by atoms with Crippen LogP contribution < -0.4 is 28.4 Å². The summed E-state index contributed by atoms with van der Waals surface area (Å²) in [5.74, 6) is 2.23. The molecule has 9 atom stereocenters. The van der Waals surface area contributed by atoms with Crippen LogP contribution in [0.3, 0.4) is 0 Å². The van der Waals surface area contributed by atoms with Gasteiger partial charge < -0.3 is 62.7 Å². The Hall–Kier alpha value is -7.66. The van der Waals surface area contributed by atoms with E-state index in [0.717, 1.165) is 138 Å². The summed E-state index contributed by atoms with van der Waals surface area (Å²) in [5.41, 5.74) is 6.30. The maximum absolute atomic E-state index is 12.6. The van der Waals surface area contributed by atoms with Gasteiger partial charge in [0.2, 0.25) is 0 Å². The molecule has 0 aliphatic carbocycles. The molecule has 22 heteroatoms. The molecule has 22 nitrogen and oxygen atoms in total. The third-order valence-electron chi connectivity index (χ3n) is 18.5. The number of piperidine rings is 3. The largest absolute Gasteiger partial charge is 0.493 e. The van der Waals surface area contributed by atoms with Gasteiger partial charge in [0, 0.05) is 119 Å². The summed E-state index contributed by atoms with van der Waals surface area (Å²) in [6.45, 7) is 29.3. The van der Waals surface area contributed by atoms with Crippen molar-refractivity contribution in [2.75, 3.05) is 81.9 Å². The van der Waals surface area contributed by atoms with Crippen LogP contribution in [0.4, 0.5) is 0 Å². The van der Waals surface area contributed by atoms with E-state index in [2.05, 4.69) is 80.5 Å². The zero-order valence-electron chi connectivity index (χ0n) is 61.7. The number of carbonyl (C=O) groups is 6. The maximum atomic E-state index is 12.6. The molecule has 548 valence electrons. The van der Waals surface area contributed by atoms with Crippen molar-refractivity contribution in [1.82, 2.24) is 14.7 Å². The number of fused-ring (bicyclic) bond motifs is 9. The number of aliphatic hydroxyl groups excluding tert-OH is 1. The molecular weight excluding hydrogens is 1270 g/mol. The lowest BCUT2D eigenvalue weighted by molar-refractivity contribution is -0.153. The van der Waals surface area contributed by atoms with Crippen LogP contribution in [0.25, 0.3) is 0 Å². The number of aliphatic carboxylic acids is 2. The third-order valence-corrected chi connectivity index (χ3v) is 18.5.